The van der Waals surface area contributed by atoms with Gasteiger partial charge in [-0.25, -0.2) is 4.79 Å². The van der Waals surface area contributed by atoms with Crippen LogP contribution in [0.3, 0.4) is 0 Å². The summed E-state index contributed by atoms with van der Waals surface area (Å²) in [5.41, 5.74) is 8.46. The highest BCUT2D eigenvalue weighted by molar-refractivity contribution is 6.02. The van der Waals surface area contributed by atoms with Gasteiger partial charge in [-0.2, -0.15) is 0 Å². The van der Waals surface area contributed by atoms with Gasteiger partial charge in [0.2, 0.25) is 5.91 Å². The first-order valence-corrected chi connectivity index (χ1v) is 7.28. The molecule has 6 heteroatoms. The molecule has 4 N–H and O–H groups in total. The SMILES string of the molecule is NC(=O)c1ccc2cncc(-c3ccc(CNC(=O)O)cc3)c2c1. The van der Waals surface area contributed by atoms with Gasteiger partial charge < -0.3 is 16.2 Å². The predicted octanol–water partition coefficient (Wildman–Crippen LogP) is 2.77. The molecule has 0 radical (unpaired) electrons. The summed E-state index contributed by atoms with van der Waals surface area (Å²) in [5, 5.41) is 12.8. The average Bonchev–Trinajstić information content (AvgIpc) is 2.59. The number of rotatable bonds is 4. The van der Waals surface area contributed by atoms with E-state index in [4.69, 9.17) is 10.8 Å². The van der Waals surface area contributed by atoms with Crippen molar-refractivity contribution in [2.75, 3.05) is 0 Å². The van der Waals surface area contributed by atoms with Crippen molar-refractivity contribution in [2.45, 2.75) is 6.54 Å². The van der Waals surface area contributed by atoms with Gasteiger partial charge in [-0.3, -0.25) is 9.78 Å². The van der Waals surface area contributed by atoms with Gasteiger partial charge in [0.15, 0.2) is 0 Å². The van der Waals surface area contributed by atoms with E-state index >= 15 is 0 Å². The maximum atomic E-state index is 11.4. The molecule has 0 aliphatic rings. The van der Waals surface area contributed by atoms with Crippen LogP contribution in [0.25, 0.3) is 21.9 Å². The molecule has 3 aromatic rings. The predicted molar refractivity (Wildman–Crippen MR) is 90.6 cm³/mol. The molecule has 1 aromatic heterocycles. The number of nitrogens with one attached hydrogen (secondary N) is 1. The van der Waals surface area contributed by atoms with Crippen LogP contribution in [0.1, 0.15) is 15.9 Å². The van der Waals surface area contributed by atoms with Crippen molar-refractivity contribution in [3.05, 3.63) is 66.0 Å². The van der Waals surface area contributed by atoms with Crippen LogP contribution >= 0.6 is 0 Å². The fourth-order valence-electron chi connectivity index (χ4n) is 2.53. The Morgan fingerprint density at radius 3 is 2.50 bits per heavy atom. The summed E-state index contributed by atoms with van der Waals surface area (Å²) in [7, 11) is 0. The lowest BCUT2D eigenvalue weighted by Gasteiger charge is -2.09. The van der Waals surface area contributed by atoms with Gasteiger partial charge >= 0.3 is 6.09 Å². The Morgan fingerprint density at radius 2 is 1.83 bits per heavy atom. The number of nitrogens with zero attached hydrogens (tertiary/aromatic N) is 1. The zero-order valence-corrected chi connectivity index (χ0v) is 12.7. The minimum Gasteiger partial charge on any atom is -0.465 e. The minimum absolute atomic E-state index is 0.245. The summed E-state index contributed by atoms with van der Waals surface area (Å²) < 4.78 is 0. The molecule has 3 rings (SSSR count). The maximum Gasteiger partial charge on any atom is 0.404 e. The molecule has 6 nitrogen and oxygen atoms in total. The third-order valence-electron chi connectivity index (χ3n) is 3.75. The van der Waals surface area contributed by atoms with Crippen molar-refractivity contribution in [1.29, 1.82) is 0 Å². The molecule has 2 aromatic carbocycles. The van der Waals surface area contributed by atoms with Crippen molar-refractivity contribution in [2.24, 2.45) is 5.73 Å². The van der Waals surface area contributed by atoms with E-state index < -0.39 is 12.0 Å². The van der Waals surface area contributed by atoms with Gasteiger partial charge in [0.25, 0.3) is 0 Å². The molecule has 0 bridgehead atoms. The summed E-state index contributed by atoms with van der Waals surface area (Å²) >= 11 is 0. The number of amides is 2. The molecule has 24 heavy (non-hydrogen) atoms. The molecule has 0 atom stereocenters. The van der Waals surface area contributed by atoms with E-state index in [2.05, 4.69) is 10.3 Å². The van der Waals surface area contributed by atoms with E-state index in [-0.39, 0.29) is 6.54 Å². The molecule has 0 saturated carbocycles. The number of hydrogen-bond acceptors (Lipinski definition) is 3. The fraction of sp³-hybridized carbons (Fsp3) is 0.0556. The van der Waals surface area contributed by atoms with Gasteiger partial charge in [-0.1, -0.05) is 30.3 Å². The van der Waals surface area contributed by atoms with Gasteiger partial charge in [-0.05, 0) is 28.6 Å². The summed E-state index contributed by atoms with van der Waals surface area (Å²) in [5.74, 6) is -0.477. The second-order valence-electron chi connectivity index (χ2n) is 5.34. The van der Waals surface area contributed by atoms with Crippen molar-refractivity contribution in [3.8, 4) is 11.1 Å². The zero-order valence-electron chi connectivity index (χ0n) is 12.7. The molecule has 0 aliphatic heterocycles. The van der Waals surface area contributed by atoms with Crippen LogP contribution in [-0.2, 0) is 6.54 Å². The third-order valence-corrected chi connectivity index (χ3v) is 3.75. The summed E-state index contributed by atoms with van der Waals surface area (Å²) in [6.07, 6.45) is 2.41. The Labute approximate surface area is 137 Å². The lowest BCUT2D eigenvalue weighted by atomic mass is 9.98. The smallest absolute Gasteiger partial charge is 0.404 e. The average molecular weight is 321 g/mol. The maximum absolute atomic E-state index is 11.4. The van der Waals surface area contributed by atoms with Crippen LogP contribution in [0.4, 0.5) is 4.79 Å². The van der Waals surface area contributed by atoms with Crippen molar-refractivity contribution in [3.63, 3.8) is 0 Å². The second-order valence-corrected chi connectivity index (χ2v) is 5.34. The van der Waals surface area contributed by atoms with Crippen molar-refractivity contribution < 1.29 is 14.7 Å². The monoisotopic (exact) mass is 321 g/mol. The minimum atomic E-state index is -1.06. The van der Waals surface area contributed by atoms with Crippen LogP contribution in [-0.4, -0.2) is 22.1 Å². The summed E-state index contributed by atoms with van der Waals surface area (Å²) in [6, 6.07) is 12.7. The lowest BCUT2D eigenvalue weighted by molar-refractivity contribution is 0.100. The highest BCUT2D eigenvalue weighted by Crippen LogP contribution is 2.28. The van der Waals surface area contributed by atoms with Gasteiger partial charge in [0.05, 0.1) is 0 Å². The number of aromatic nitrogens is 1. The molecule has 1 heterocycles. The molecule has 0 aliphatic carbocycles. The fourth-order valence-corrected chi connectivity index (χ4v) is 2.53. The number of benzene rings is 2. The molecule has 120 valence electrons. The molecule has 2 amide bonds. The van der Waals surface area contributed by atoms with Gasteiger partial charge in [0.1, 0.15) is 0 Å². The van der Waals surface area contributed by atoms with Crippen LogP contribution in [0.15, 0.2) is 54.9 Å². The highest BCUT2D eigenvalue weighted by atomic mass is 16.4. The number of carbonyl (C=O) groups excluding carboxylic acids is 1. The summed E-state index contributed by atoms with van der Waals surface area (Å²) in [6.45, 7) is 0.245. The van der Waals surface area contributed by atoms with E-state index in [1.807, 2.05) is 30.3 Å². The quantitative estimate of drug-likeness (QED) is 0.687. The topological polar surface area (TPSA) is 105 Å². The highest BCUT2D eigenvalue weighted by Gasteiger charge is 2.08. The van der Waals surface area contributed by atoms with E-state index in [0.717, 1.165) is 27.5 Å². The van der Waals surface area contributed by atoms with E-state index in [9.17, 15) is 9.59 Å². The number of carboxylic acid groups (broad SMARTS) is 1. The van der Waals surface area contributed by atoms with E-state index in [0.29, 0.717) is 5.56 Å². The molecule has 0 unspecified atom stereocenters. The zero-order chi connectivity index (χ0) is 17.1. The Bertz CT molecular complexity index is 920. The molecular formula is C18H15N3O3. The lowest BCUT2D eigenvalue weighted by Crippen LogP contribution is -2.19. The second kappa shape index (κ2) is 6.37. The molecular weight excluding hydrogens is 306 g/mol. The Balaban J connectivity index is 2.00. The van der Waals surface area contributed by atoms with E-state index in [1.165, 1.54) is 0 Å². The van der Waals surface area contributed by atoms with Crippen molar-refractivity contribution >= 4 is 22.8 Å². The van der Waals surface area contributed by atoms with Crippen LogP contribution in [0.5, 0.6) is 0 Å². The number of nitrogens with two attached hydrogens (primary N) is 1. The number of fused-ring (bicyclic) bond motifs is 1. The molecule has 0 fully saturated rings. The first-order valence-electron chi connectivity index (χ1n) is 7.28. The Morgan fingerprint density at radius 1 is 1.08 bits per heavy atom. The molecule has 0 spiro atoms. The number of pyridine rings is 1. The van der Waals surface area contributed by atoms with Gasteiger partial charge in [-0.15, -0.1) is 0 Å². The van der Waals surface area contributed by atoms with Crippen LogP contribution in [0.2, 0.25) is 0 Å². The number of hydrogen-bond donors (Lipinski definition) is 3. The Hall–Kier alpha value is -3.41. The van der Waals surface area contributed by atoms with Crippen LogP contribution in [0, 0.1) is 0 Å². The molecule has 0 saturated heterocycles. The number of primary amides is 1. The van der Waals surface area contributed by atoms with Gasteiger partial charge in [0, 0.05) is 35.5 Å². The normalized spacial score (nSPS) is 10.5. The number of carbonyl (C=O) groups is 2. The van der Waals surface area contributed by atoms with E-state index in [1.54, 1.807) is 24.5 Å². The van der Waals surface area contributed by atoms with Crippen molar-refractivity contribution in [1.82, 2.24) is 10.3 Å². The van der Waals surface area contributed by atoms with Crippen LogP contribution < -0.4 is 11.1 Å². The first-order chi connectivity index (χ1) is 11.5. The first kappa shape index (κ1) is 15.5. The summed E-state index contributed by atoms with van der Waals surface area (Å²) in [4.78, 5) is 26.2. The largest absolute Gasteiger partial charge is 0.465 e. The Kier molecular flexibility index (Phi) is 4.11. The standard InChI is InChI=1S/C18H15N3O3/c19-17(22)13-5-6-14-9-20-10-16(15(14)7-13)12-3-1-11(2-4-12)8-21-18(23)24/h1-7,9-10,21H,8H2,(H2,19,22)(H,23,24). The third kappa shape index (κ3) is 3.17.